The van der Waals surface area contributed by atoms with E-state index < -0.39 is 17.8 Å². The summed E-state index contributed by atoms with van der Waals surface area (Å²) in [5.41, 5.74) is 2.00. The number of benzene rings is 2. The molecule has 3 aliphatic heterocycles. The van der Waals surface area contributed by atoms with Crippen LogP contribution in [0.1, 0.15) is 44.1 Å². The summed E-state index contributed by atoms with van der Waals surface area (Å²) in [5.74, 6) is 1.91. The Morgan fingerprint density at radius 3 is 2.83 bits per heavy atom. The highest BCUT2D eigenvalue weighted by molar-refractivity contribution is 6.02. The number of hydrogen-bond acceptors (Lipinski definition) is 6. The molecule has 0 N–H and O–H groups in total. The molecular formula is C37H34F3N5O. The zero-order valence-corrected chi connectivity index (χ0v) is 25.5. The Morgan fingerprint density at radius 1 is 1.13 bits per heavy atom. The number of rotatable bonds is 5. The van der Waals surface area contributed by atoms with Crippen LogP contribution in [0.3, 0.4) is 0 Å². The number of halogens is 3. The smallest absolute Gasteiger partial charge is 0.319 e. The predicted molar refractivity (Wildman–Crippen MR) is 171 cm³/mol. The summed E-state index contributed by atoms with van der Waals surface area (Å²) >= 11 is 0. The van der Waals surface area contributed by atoms with E-state index in [4.69, 9.17) is 16.1 Å². The lowest BCUT2D eigenvalue weighted by Gasteiger charge is -2.25. The summed E-state index contributed by atoms with van der Waals surface area (Å²) in [6.45, 7) is 7.13. The molecule has 2 saturated carbocycles. The minimum Gasteiger partial charge on any atom is -0.463 e. The highest BCUT2D eigenvalue weighted by Gasteiger charge is 2.62. The number of hydrogen-bond donors (Lipinski definition) is 0. The van der Waals surface area contributed by atoms with Crippen molar-refractivity contribution in [3.63, 3.8) is 0 Å². The molecule has 5 aliphatic rings. The van der Waals surface area contributed by atoms with Crippen LogP contribution in [0.15, 0.2) is 48.7 Å². The fraction of sp³-hybridized carbons (Fsp3) is 0.432. The first-order valence-corrected chi connectivity index (χ1v) is 16.4. The molecule has 1 spiro atoms. The third kappa shape index (κ3) is 4.12. The quantitative estimate of drug-likeness (QED) is 0.180. The average Bonchev–Trinajstić information content (AvgIpc) is 3.93. The maximum Gasteiger partial charge on any atom is 0.319 e. The molecule has 5 fully saturated rings. The van der Waals surface area contributed by atoms with Gasteiger partial charge in [-0.15, -0.1) is 6.42 Å². The van der Waals surface area contributed by atoms with Gasteiger partial charge in [-0.05, 0) is 49.0 Å². The molecule has 2 unspecified atom stereocenters. The van der Waals surface area contributed by atoms with Crippen LogP contribution in [0.25, 0.3) is 32.9 Å². The number of nitrogens with zero attached hydrogens (tertiary/aromatic N) is 5. The van der Waals surface area contributed by atoms with Crippen molar-refractivity contribution in [3.8, 4) is 29.6 Å². The molecule has 5 heterocycles. The first-order chi connectivity index (χ1) is 22.4. The van der Waals surface area contributed by atoms with Gasteiger partial charge in [0.15, 0.2) is 5.82 Å². The van der Waals surface area contributed by atoms with E-state index in [1.807, 2.05) is 4.90 Å². The van der Waals surface area contributed by atoms with E-state index in [9.17, 15) is 4.39 Å². The van der Waals surface area contributed by atoms with Crippen molar-refractivity contribution in [2.24, 2.45) is 17.3 Å². The lowest BCUT2D eigenvalue weighted by Crippen LogP contribution is -2.30. The normalized spacial score (nSPS) is 27.9. The van der Waals surface area contributed by atoms with Gasteiger partial charge < -0.3 is 9.64 Å². The minimum atomic E-state index is -0.948. The van der Waals surface area contributed by atoms with Gasteiger partial charge in [0.05, 0.1) is 23.6 Å². The molecular weight excluding hydrogens is 587 g/mol. The Labute approximate surface area is 265 Å². The third-order valence-electron chi connectivity index (χ3n) is 11.4. The molecule has 0 amide bonds. The molecule has 46 heavy (non-hydrogen) atoms. The van der Waals surface area contributed by atoms with Crippen molar-refractivity contribution < 1.29 is 17.9 Å². The van der Waals surface area contributed by atoms with Crippen molar-refractivity contribution in [1.29, 1.82) is 0 Å². The Balaban J connectivity index is 1.15. The second kappa shape index (κ2) is 10.2. The van der Waals surface area contributed by atoms with Crippen molar-refractivity contribution in [2.75, 3.05) is 31.1 Å². The van der Waals surface area contributed by atoms with Crippen LogP contribution in [-0.2, 0) is 0 Å². The van der Waals surface area contributed by atoms with Crippen molar-refractivity contribution in [2.45, 2.75) is 56.8 Å². The van der Waals surface area contributed by atoms with Gasteiger partial charge in [-0.1, -0.05) is 48.8 Å². The lowest BCUT2D eigenvalue weighted by molar-refractivity contribution is 0.192. The lowest BCUT2D eigenvalue weighted by atomic mass is 9.85. The molecule has 2 aromatic heterocycles. The molecule has 2 aliphatic carbocycles. The molecule has 6 nitrogen and oxygen atoms in total. The van der Waals surface area contributed by atoms with Crippen LogP contribution in [-0.4, -0.2) is 64.3 Å². The summed E-state index contributed by atoms with van der Waals surface area (Å²) in [6.07, 6.45) is 12.3. The van der Waals surface area contributed by atoms with E-state index in [2.05, 4.69) is 27.4 Å². The van der Waals surface area contributed by atoms with E-state index >= 15 is 8.78 Å². The molecule has 0 radical (unpaired) electrons. The molecule has 3 saturated heterocycles. The third-order valence-corrected chi connectivity index (χ3v) is 11.4. The number of anilines is 1. The monoisotopic (exact) mass is 621 g/mol. The first kappa shape index (κ1) is 28.1. The topological polar surface area (TPSA) is 54.4 Å². The van der Waals surface area contributed by atoms with E-state index in [1.165, 1.54) is 24.5 Å². The molecule has 2 aromatic carbocycles. The molecule has 9 rings (SSSR count). The minimum absolute atomic E-state index is 0.00733. The summed E-state index contributed by atoms with van der Waals surface area (Å²) in [7, 11) is 0. The largest absolute Gasteiger partial charge is 0.463 e. The van der Waals surface area contributed by atoms with Crippen molar-refractivity contribution in [1.82, 2.24) is 19.9 Å². The first-order valence-electron chi connectivity index (χ1n) is 16.4. The summed E-state index contributed by atoms with van der Waals surface area (Å²) in [4.78, 5) is 18.5. The standard InChI is InChI=1S/C37H34F3N5O/c1-3-23-27(38)11-10-21-7-6-9-24(29(21)23)32-31(40)33-26(16-41-32)35(45-14-5-4-8-25-30(39)34(25)45)43-36(42-33)46-19-22-18-44-17-20(2)15-28(44)37(22)12-13-37/h1,6-7,9-11,16,22,25,28,30,34H,2,4-5,8,12-15,17-19H2/t22?,25-,28?,30-,34-/m0/s1. The van der Waals surface area contributed by atoms with Gasteiger partial charge in [0.2, 0.25) is 0 Å². The van der Waals surface area contributed by atoms with Crippen LogP contribution in [0.4, 0.5) is 19.0 Å². The molecule has 9 heteroatoms. The molecule has 5 atom stereocenters. The van der Waals surface area contributed by atoms with Gasteiger partial charge in [0, 0.05) is 54.7 Å². The predicted octanol–water partition coefficient (Wildman–Crippen LogP) is 6.85. The number of fused-ring (bicyclic) bond motifs is 5. The zero-order valence-electron chi connectivity index (χ0n) is 25.5. The summed E-state index contributed by atoms with van der Waals surface area (Å²) in [5, 5.41) is 1.48. The van der Waals surface area contributed by atoms with E-state index in [1.54, 1.807) is 30.5 Å². The maximum absolute atomic E-state index is 16.8. The van der Waals surface area contributed by atoms with Crippen LogP contribution in [0, 0.1) is 41.2 Å². The van der Waals surface area contributed by atoms with Gasteiger partial charge in [0.1, 0.15) is 29.0 Å². The second-order valence-electron chi connectivity index (χ2n) is 13.9. The summed E-state index contributed by atoms with van der Waals surface area (Å²) < 4.78 is 53.0. The van der Waals surface area contributed by atoms with Crippen molar-refractivity contribution in [3.05, 3.63) is 65.9 Å². The fourth-order valence-electron chi connectivity index (χ4n) is 8.93. The Morgan fingerprint density at radius 2 is 2.00 bits per heavy atom. The number of pyridine rings is 1. The Kier molecular flexibility index (Phi) is 6.21. The number of terminal acetylenes is 1. The highest BCUT2D eigenvalue weighted by Crippen LogP contribution is 2.63. The number of aromatic nitrogens is 3. The Bertz CT molecular complexity index is 1990. The number of alkyl halides is 1. The van der Waals surface area contributed by atoms with Crippen LogP contribution in [0.2, 0.25) is 0 Å². The second-order valence-corrected chi connectivity index (χ2v) is 13.9. The van der Waals surface area contributed by atoms with Gasteiger partial charge in [-0.3, -0.25) is 9.88 Å². The fourth-order valence-corrected chi connectivity index (χ4v) is 8.93. The van der Waals surface area contributed by atoms with Crippen LogP contribution < -0.4 is 9.64 Å². The molecule has 0 bridgehead atoms. The number of ether oxygens (including phenoxy) is 1. The van der Waals surface area contributed by atoms with Crippen LogP contribution in [0.5, 0.6) is 6.01 Å². The van der Waals surface area contributed by atoms with E-state index in [0.717, 1.165) is 38.8 Å². The van der Waals surface area contributed by atoms with Gasteiger partial charge in [-0.2, -0.15) is 9.97 Å². The maximum atomic E-state index is 16.8. The highest BCUT2D eigenvalue weighted by atomic mass is 19.1. The molecule has 234 valence electrons. The summed E-state index contributed by atoms with van der Waals surface area (Å²) in [6, 6.07) is 8.48. The van der Waals surface area contributed by atoms with Gasteiger partial charge in [0.25, 0.3) is 0 Å². The average molecular weight is 622 g/mol. The SMILES string of the molecule is C#Cc1c(F)ccc2cccc(-c3ncc4c(N5CCCC[C@H]6[C@H](F)[C@H]65)nc(OCC5CN6CC(=C)CC6C56CC6)nc4c3F)c12. The van der Waals surface area contributed by atoms with E-state index in [-0.39, 0.29) is 40.2 Å². The van der Waals surface area contributed by atoms with Gasteiger partial charge in [-0.25, -0.2) is 13.2 Å². The molecule has 4 aromatic rings. The van der Waals surface area contributed by atoms with Crippen LogP contribution >= 0.6 is 0 Å². The van der Waals surface area contributed by atoms with Crippen molar-refractivity contribution >= 4 is 27.5 Å². The van der Waals surface area contributed by atoms with Gasteiger partial charge >= 0.3 is 6.01 Å². The zero-order chi connectivity index (χ0) is 31.3. The van der Waals surface area contributed by atoms with E-state index in [0.29, 0.717) is 52.7 Å². The Hall–Kier alpha value is -4.16.